The zero-order valence-electron chi connectivity index (χ0n) is 10.9. The van der Waals surface area contributed by atoms with Gasteiger partial charge in [-0.1, -0.05) is 19.3 Å². The topological polar surface area (TPSA) is 57.0 Å². The van der Waals surface area contributed by atoms with Crippen LogP contribution in [0.15, 0.2) is 22.8 Å². The van der Waals surface area contributed by atoms with E-state index in [1.165, 1.54) is 0 Å². The van der Waals surface area contributed by atoms with E-state index in [9.17, 15) is 10.1 Å². The molecular formula is C14H16BrN3O. The van der Waals surface area contributed by atoms with Gasteiger partial charge in [0.15, 0.2) is 0 Å². The second kappa shape index (κ2) is 5.70. The Labute approximate surface area is 121 Å². The molecule has 19 heavy (non-hydrogen) atoms. The normalized spacial score (nSPS) is 17.5. The highest BCUT2D eigenvalue weighted by Crippen LogP contribution is 2.33. The molecular weight excluding hydrogens is 306 g/mol. The van der Waals surface area contributed by atoms with Crippen LogP contribution in [-0.2, 0) is 0 Å². The van der Waals surface area contributed by atoms with Gasteiger partial charge in [-0.3, -0.25) is 4.79 Å². The first-order chi connectivity index (χ1) is 9.09. The van der Waals surface area contributed by atoms with Crippen LogP contribution in [0.3, 0.4) is 0 Å². The summed E-state index contributed by atoms with van der Waals surface area (Å²) in [6.45, 7) is 0. The van der Waals surface area contributed by atoms with Gasteiger partial charge in [0.05, 0.1) is 6.07 Å². The highest BCUT2D eigenvalue weighted by molar-refractivity contribution is 9.10. The van der Waals surface area contributed by atoms with E-state index < -0.39 is 5.54 Å². The van der Waals surface area contributed by atoms with Gasteiger partial charge in [-0.05, 0) is 40.9 Å². The molecule has 0 radical (unpaired) electrons. The number of hydrogen-bond donors (Lipinski definition) is 0. The Hall–Kier alpha value is -1.41. The smallest absolute Gasteiger partial charge is 0.273 e. The van der Waals surface area contributed by atoms with Crippen LogP contribution in [0.2, 0.25) is 0 Å². The fraction of sp³-hybridized carbons (Fsp3) is 0.500. The van der Waals surface area contributed by atoms with Gasteiger partial charge in [0.25, 0.3) is 5.91 Å². The van der Waals surface area contributed by atoms with Gasteiger partial charge in [-0.15, -0.1) is 0 Å². The van der Waals surface area contributed by atoms with E-state index in [0.717, 1.165) is 36.6 Å². The summed E-state index contributed by atoms with van der Waals surface area (Å²) in [5, 5.41) is 9.48. The van der Waals surface area contributed by atoms with Crippen molar-refractivity contribution in [3.8, 4) is 6.07 Å². The molecule has 1 heterocycles. The van der Waals surface area contributed by atoms with Crippen LogP contribution in [0.25, 0.3) is 0 Å². The Morgan fingerprint density at radius 1 is 1.42 bits per heavy atom. The number of aromatic nitrogens is 1. The lowest BCUT2D eigenvalue weighted by Crippen LogP contribution is -2.50. The molecule has 5 heteroatoms. The molecule has 1 aromatic rings. The van der Waals surface area contributed by atoms with E-state index in [0.29, 0.717) is 5.69 Å². The number of carbonyl (C=O) groups excluding carboxylic acids is 1. The Morgan fingerprint density at radius 3 is 2.63 bits per heavy atom. The van der Waals surface area contributed by atoms with Crippen molar-refractivity contribution in [1.29, 1.82) is 5.26 Å². The van der Waals surface area contributed by atoms with Gasteiger partial charge >= 0.3 is 0 Å². The second-order valence-electron chi connectivity index (χ2n) is 4.93. The van der Waals surface area contributed by atoms with E-state index in [-0.39, 0.29) is 5.91 Å². The van der Waals surface area contributed by atoms with Crippen molar-refractivity contribution in [2.45, 2.75) is 37.6 Å². The molecule has 0 aliphatic heterocycles. The Balaban J connectivity index is 2.22. The summed E-state index contributed by atoms with van der Waals surface area (Å²) in [5.74, 6) is -0.184. The lowest BCUT2D eigenvalue weighted by molar-refractivity contribution is 0.0583. The van der Waals surface area contributed by atoms with Crippen LogP contribution >= 0.6 is 15.9 Å². The molecule has 1 saturated carbocycles. The summed E-state index contributed by atoms with van der Waals surface area (Å²) in [6, 6.07) is 5.81. The summed E-state index contributed by atoms with van der Waals surface area (Å²) in [5.41, 5.74) is -0.282. The van der Waals surface area contributed by atoms with Crippen LogP contribution in [0.1, 0.15) is 42.6 Å². The van der Waals surface area contributed by atoms with Crippen molar-refractivity contribution in [3.63, 3.8) is 0 Å². The van der Waals surface area contributed by atoms with E-state index in [2.05, 4.69) is 27.0 Å². The predicted octanol–water partition coefficient (Wildman–Crippen LogP) is 3.14. The summed E-state index contributed by atoms with van der Waals surface area (Å²) in [7, 11) is 1.71. The Kier molecular flexibility index (Phi) is 4.20. The number of hydrogen-bond acceptors (Lipinski definition) is 3. The summed E-state index contributed by atoms with van der Waals surface area (Å²) in [6.07, 6.45) is 6.24. The molecule has 0 saturated heterocycles. The molecule has 2 rings (SSSR count). The fourth-order valence-electron chi connectivity index (χ4n) is 2.53. The lowest BCUT2D eigenvalue weighted by atomic mass is 9.81. The number of carbonyl (C=O) groups is 1. The van der Waals surface area contributed by atoms with Crippen molar-refractivity contribution < 1.29 is 4.79 Å². The van der Waals surface area contributed by atoms with Gasteiger partial charge in [-0.25, -0.2) is 4.98 Å². The molecule has 4 nitrogen and oxygen atoms in total. The van der Waals surface area contributed by atoms with Crippen LogP contribution < -0.4 is 0 Å². The predicted molar refractivity (Wildman–Crippen MR) is 75.5 cm³/mol. The van der Waals surface area contributed by atoms with Crippen molar-refractivity contribution in [2.24, 2.45) is 0 Å². The molecule has 1 fully saturated rings. The third-order valence-electron chi connectivity index (χ3n) is 3.78. The molecule has 0 N–H and O–H groups in total. The van der Waals surface area contributed by atoms with Gasteiger partial charge in [0, 0.05) is 17.7 Å². The second-order valence-corrected chi connectivity index (χ2v) is 5.85. The molecule has 1 amide bonds. The molecule has 0 aromatic carbocycles. The number of halogens is 1. The molecule has 1 aliphatic rings. The molecule has 0 unspecified atom stereocenters. The van der Waals surface area contributed by atoms with Crippen molar-refractivity contribution in [2.75, 3.05) is 7.05 Å². The highest BCUT2D eigenvalue weighted by atomic mass is 79.9. The molecule has 0 atom stereocenters. The van der Waals surface area contributed by atoms with Crippen LogP contribution in [-0.4, -0.2) is 28.4 Å². The molecule has 100 valence electrons. The summed E-state index contributed by atoms with van der Waals surface area (Å²) < 4.78 is 0.833. The minimum absolute atomic E-state index is 0.184. The van der Waals surface area contributed by atoms with E-state index >= 15 is 0 Å². The quantitative estimate of drug-likeness (QED) is 0.840. The first-order valence-electron chi connectivity index (χ1n) is 6.40. The Bertz CT molecular complexity index is 500. The minimum Gasteiger partial charge on any atom is -0.322 e. The van der Waals surface area contributed by atoms with Crippen LogP contribution in [0.4, 0.5) is 0 Å². The number of nitrogens with zero attached hydrogens (tertiary/aromatic N) is 3. The average Bonchev–Trinajstić information content (AvgIpc) is 2.47. The number of nitriles is 1. The number of pyridine rings is 1. The third kappa shape index (κ3) is 2.79. The van der Waals surface area contributed by atoms with Gasteiger partial charge < -0.3 is 4.90 Å². The SMILES string of the molecule is CN(C(=O)c1ccc(Br)cn1)C1(C#N)CCCCC1. The maximum Gasteiger partial charge on any atom is 0.273 e. The van der Waals surface area contributed by atoms with E-state index in [1.807, 2.05) is 0 Å². The van der Waals surface area contributed by atoms with Gasteiger partial charge in [-0.2, -0.15) is 5.26 Å². The zero-order chi connectivity index (χ0) is 13.9. The van der Waals surface area contributed by atoms with Crippen LogP contribution in [0, 0.1) is 11.3 Å². The number of amides is 1. The largest absolute Gasteiger partial charge is 0.322 e. The number of rotatable bonds is 2. The summed E-state index contributed by atoms with van der Waals surface area (Å²) >= 11 is 3.29. The Morgan fingerprint density at radius 2 is 2.11 bits per heavy atom. The summed E-state index contributed by atoms with van der Waals surface area (Å²) in [4.78, 5) is 18.1. The zero-order valence-corrected chi connectivity index (χ0v) is 12.5. The van der Waals surface area contributed by atoms with Crippen molar-refractivity contribution in [1.82, 2.24) is 9.88 Å². The van der Waals surface area contributed by atoms with Gasteiger partial charge in [0.2, 0.25) is 0 Å². The average molecular weight is 322 g/mol. The van der Waals surface area contributed by atoms with E-state index in [1.54, 1.807) is 30.3 Å². The lowest BCUT2D eigenvalue weighted by Gasteiger charge is -2.38. The van der Waals surface area contributed by atoms with Crippen molar-refractivity contribution >= 4 is 21.8 Å². The van der Waals surface area contributed by atoms with E-state index in [4.69, 9.17) is 0 Å². The molecule has 1 aliphatic carbocycles. The fourth-order valence-corrected chi connectivity index (χ4v) is 2.76. The van der Waals surface area contributed by atoms with Crippen LogP contribution in [0.5, 0.6) is 0 Å². The molecule has 0 spiro atoms. The van der Waals surface area contributed by atoms with Crippen molar-refractivity contribution in [3.05, 3.63) is 28.5 Å². The third-order valence-corrected chi connectivity index (χ3v) is 4.25. The first kappa shape index (κ1) is 14.0. The highest BCUT2D eigenvalue weighted by Gasteiger charge is 2.39. The maximum atomic E-state index is 12.4. The monoisotopic (exact) mass is 321 g/mol. The minimum atomic E-state index is -0.663. The molecule has 0 bridgehead atoms. The van der Waals surface area contributed by atoms with Gasteiger partial charge in [0.1, 0.15) is 11.2 Å². The first-order valence-corrected chi connectivity index (χ1v) is 7.19. The standard InChI is InChI=1S/C14H16BrN3O/c1-18(14(10-16)7-3-2-4-8-14)13(19)12-6-5-11(15)9-17-12/h5-6,9H,2-4,7-8H2,1H3. The maximum absolute atomic E-state index is 12.4. The molecule has 1 aromatic heterocycles.